The molecule has 0 aliphatic rings. The van der Waals surface area contributed by atoms with Crippen LogP contribution in [0.15, 0.2) is 42.5 Å². The second-order valence-corrected chi connectivity index (χ2v) is 6.55. The first kappa shape index (κ1) is 21.4. The standard InChI is InChI=1S/C22H26FNO4/c1-4-27-22(26)11-12-24(14-18-7-9-19(23)10-8-18)21(25)15-28-20-13-16(2)5-6-17(20)3/h5-10,13H,4,11-12,14-15H2,1-3H3. The Labute approximate surface area is 165 Å². The zero-order valence-electron chi connectivity index (χ0n) is 16.5. The summed E-state index contributed by atoms with van der Waals surface area (Å²) in [7, 11) is 0. The predicted molar refractivity (Wildman–Crippen MR) is 104 cm³/mol. The fraction of sp³-hybridized carbons (Fsp3) is 0.364. The van der Waals surface area contributed by atoms with Crippen LogP contribution in [0.25, 0.3) is 0 Å². The number of hydrogen-bond donors (Lipinski definition) is 0. The highest BCUT2D eigenvalue weighted by Crippen LogP contribution is 2.19. The number of carbonyl (C=O) groups is 2. The molecule has 0 saturated heterocycles. The van der Waals surface area contributed by atoms with Crippen LogP contribution in [0, 0.1) is 19.7 Å². The van der Waals surface area contributed by atoms with Gasteiger partial charge >= 0.3 is 5.97 Å². The van der Waals surface area contributed by atoms with Crippen molar-refractivity contribution in [1.29, 1.82) is 0 Å². The van der Waals surface area contributed by atoms with Gasteiger partial charge in [-0.25, -0.2) is 4.39 Å². The highest BCUT2D eigenvalue weighted by molar-refractivity contribution is 5.78. The molecule has 0 aliphatic heterocycles. The van der Waals surface area contributed by atoms with Gasteiger partial charge in [0.1, 0.15) is 11.6 Å². The van der Waals surface area contributed by atoms with Gasteiger partial charge in [0.25, 0.3) is 5.91 Å². The maximum Gasteiger partial charge on any atom is 0.307 e. The number of carbonyl (C=O) groups excluding carboxylic acids is 2. The lowest BCUT2D eigenvalue weighted by atomic mass is 10.1. The van der Waals surface area contributed by atoms with E-state index >= 15 is 0 Å². The lowest BCUT2D eigenvalue weighted by molar-refractivity contribution is -0.144. The Morgan fingerprint density at radius 3 is 2.46 bits per heavy atom. The number of aryl methyl sites for hydroxylation is 2. The van der Waals surface area contributed by atoms with Gasteiger partial charge in [-0.15, -0.1) is 0 Å². The predicted octanol–water partition coefficient (Wildman–Crippen LogP) is 3.80. The minimum Gasteiger partial charge on any atom is -0.483 e. The minimum absolute atomic E-state index is 0.0875. The van der Waals surface area contributed by atoms with Gasteiger partial charge < -0.3 is 14.4 Å². The molecule has 5 nitrogen and oxygen atoms in total. The van der Waals surface area contributed by atoms with Crippen LogP contribution in [-0.2, 0) is 20.9 Å². The second-order valence-electron chi connectivity index (χ2n) is 6.55. The number of ether oxygens (including phenoxy) is 2. The molecule has 0 spiro atoms. The van der Waals surface area contributed by atoms with Crippen molar-refractivity contribution in [3.8, 4) is 5.75 Å². The van der Waals surface area contributed by atoms with Crippen molar-refractivity contribution in [1.82, 2.24) is 4.90 Å². The van der Waals surface area contributed by atoms with Gasteiger partial charge in [-0.1, -0.05) is 24.3 Å². The maximum atomic E-state index is 13.1. The van der Waals surface area contributed by atoms with E-state index < -0.39 is 0 Å². The third kappa shape index (κ3) is 6.68. The SMILES string of the molecule is CCOC(=O)CCN(Cc1ccc(F)cc1)C(=O)COc1cc(C)ccc1C. The normalized spacial score (nSPS) is 10.4. The van der Waals surface area contributed by atoms with Crippen LogP contribution in [0.3, 0.4) is 0 Å². The zero-order chi connectivity index (χ0) is 20.5. The molecule has 2 aromatic carbocycles. The average Bonchev–Trinajstić information content (AvgIpc) is 2.67. The molecule has 150 valence electrons. The summed E-state index contributed by atoms with van der Waals surface area (Å²) in [5.74, 6) is -0.309. The monoisotopic (exact) mass is 387 g/mol. The van der Waals surface area contributed by atoms with E-state index in [1.165, 1.54) is 17.0 Å². The Hall–Kier alpha value is -2.89. The fourth-order valence-electron chi connectivity index (χ4n) is 2.66. The zero-order valence-corrected chi connectivity index (χ0v) is 16.5. The maximum absolute atomic E-state index is 13.1. The Balaban J connectivity index is 2.05. The largest absolute Gasteiger partial charge is 0.483 e. The lowest BCUT2D eigenvalue weighted by Crippen LogP contribution is -2.36. The van der Waals surface area contributed by atoms with Crippen LogP contribution in [-0.4, -0.2) is 36.5 Å². The molecule has 0 unspecified atom stereocenters. The molecule has 0 aliphatic carbocycles. The Morgan fingerprint density at radius 2 is 1.79 bits per heavy atom. The number of rotatable bonds is 9. The third-order valence-corrected chi connectivity index (χ3v) is 4.23. The molecule has 0 fully saturated rings. The molecule has 2 aromatic rings. The third-order valence-electron chi connectivity index (χ3n) is 4.23. The van der Waals surface area contributed by atoms with E-state index in [1.807, 2.05) is 32.0 Å². The molecule has 0 atom stereocenters. The van der Waals surface area contributed by atoms with Crippen molar-refractivity contribution in [3.05, 3.63) is 65.0 Å². The van der Waals surface area contributed by atoms with Crippen LogP contribution in [0.2, 0.25) is 0 Å². The highest BCUT2D eigenvalue weighted by Gasteiger charge is 2.17. The second kappa shape index (κ2) is 10.4. The summed E-state index contributed by atoms with van der Waals surface area (Å²) in [6.45, 7) is 6.20. The lowest BCUT2D eigenvalue weighted by Gasteiger charge is -2.23. The first-order valence-electron chi connectivity index (χ1n) is 9.27. The first-order valence-corrected chi connectivity index (χ1v) is 9.27. The highest BCUT2D eigenvalue weighted by atomic mass is 19.1. The molecule has 0 aromatic heterocycles. The van der Waals surface area contributed by atoms with Crippen molar-refractivity contribution in [3.63, 3.8) is 0 Å². The number of benzene rings is 2. The summed E-state index contributed by atoms with van der Waals surface area (Å²) in [6.07, 6.45) is 0.0875. The summed E-state index contributed by atoms with van der Waals surface area (Å²) in [5, 5.41) is 0. The van der Waals surface area contributed by atoms with E-state index in [1.54, 1.807) is 19.1 Å². The van der Waals surface area contributed by atoms with Crippen LogP contribution < -0.4 is 4.74 Å². The van der Waals surface area contributed by atoms with E-state index in [0.717, 1.165) is 16.7 Å². The molecular weight excluding hydrogens is 361 g/mol. The summed E-state index contributed by atoms with van der Waals surface area (Å²) in [4.78, 5) is 25.9. The summed E-state index contributed by atoms with van der Waals surface area (Å²) >= 11 is 0. The molecular formula is C22H26FNO4. The fourth-order valence-corrected chi connectivity index (χ4v) is 2.66. The molecule has 0 N–H and O–H groups in total. The van der Waals surface area contributed by atoms with Crippen molar-refractivity contribution < 1.29 is 23.5 Å². The Bertz CT molecular complexity index is 805. The van der Waals surface area contributed by atoms with Crippen LogP contribution in [0.1, 0.15) is 30.0 Å². The number of halogens is 1. The number of amides is 1. The molecule has 2 rings (SSSR count). The number of nitrogens with zero attached hydrogens (tertiary/aromatic N) is 1. The quantitative estimate of drug-likeness (QED) is 0.614. The van der Waals surface area contributed by atoms with Crippen molar-refractivity contribution in [2.45, 2.75) is 33.7 Å². The van der Waals surface area contributed by atoms with E-state index in [-0.39, 0.29) is 43.8 Å². The molecule has 0 radical (unpaired) electrons. The van der Waals surface area contributed by atoms with Crippen molar-refractivity contribution in [2.75, 3.05) is 19.8 Å². The van der Waals surface area contributed by atoms with E-state index in [2.05, 4.69) is 0 Å². The molecule has 6 heteroatoms. The van der Waals surface area contributed by atoms with Gasteiger partial charge in [0.2, 0.25) is 0 Å². The van der Waals surface area contributed by atoms with Gasteiger partial charge in [0.15, 0.2) is 6.61 Å². The van der Waals surface area contributed by atoms with Gasteiger partial charge in [-0.2, -0.15) is 0 Å². The average molecular weight is 387 g/mol. The molecule has 1 amide bonds. The topological polar surface area (TPSA) is 55.8 Å². The molecule has 0 heterocycles. The molecule has 0 saturated carbocycles. The molecule has 0 bridgehead atoms. The van der Waals surface area contributed by atoms with Crippen molar-refractivity contribution >= 4 is 11.9 Å². The van der Waals surface area contributed by atoms with Crippen LogP contribution >= 0.6 is 0 Å². The summed E-state index contributed by atoms with van der Waals surface area (Å²) in [5.41, 5.74) is 2.75. The molecule has 28 heavy (non-hydrogen) atoms. The summed E-state index contributed by atoms with van der Waals surface area (Å²) in [6, 6.07) is 11.7. The van der Waals surface area contributed by atoms with E-state index in [0.29, 0.717) is 12.4 Å². The van der Waals surface area contributed by atoms with Gasteiger partial charge in [0, 0.05) is 13.1 Å². The van der Waals surface area contributed by atoms with Crippen LogP contribution in [0.4, 0.5) is 4.39 Å². The Kier molecular flexibility index (Phi) is 7.99. The van der Waals surface area contributed by atoms with Gasteiger partial charge in [0.05, 0.1) is 13.0 Å². The number of hydrogen-bond acceptors (Lipinski definition) is 4. The first-order chi connectivity index (χ1) is 13.4. The van der Waals surface area contributed by atoms with E-state index in [9.17, 15) is 14.0 Å². The van der Waals surface area contributed by atoms with Crippen LogP contribution in [0.5, 0.6) is 5.75 Å². The summed E-state index contributed by atoms with van der Waals surface area (Å²) < 4.78 is 23.8. The smallest absolute Gasteiger partial charge is 0.307 e. The Morgan fingerprint density at radius 1 is 1.07 bits per heavy atom. The van der Waals surface area contributed by atoms with Crippen molar-refractivity contribution in [2.24, 2.45) is 0 Å². The minimum atomic E-state index is -0.366. The van der Waals surface area contributed by atoms with Gasteiger partial charge in [-0.3, -0.25) is 9.59 Å². The van der Waals surface area contributed by atoms with E-state index in [4.69, 9.17) is 9.47 Å². The van der Waals surface area contributed by atoms with Gasteiger partial charge in [-0.05, 0) is 55.7 Å². The number of esters is 1.